The van der Waals surface area contributed by atoms with Gasteiger partial charge in [-0.15, -0.1) is 0 Å². The smallest absolute Gasteiger partial charge is 0.0998 e. The van der Waals surface area contributed by atoms with Gasteiger partial charge in [-0.3, -0.25) is 0 Å². The van der Waals surface area contributed by atoms with E-state index in [-0.39, 0.29) is 0 Å². The van der Waals surface area contributed by atoms with Crippen LogP contribution in [-0.2, 0) is 0 Å². The molecule has 0 aromatic heterocycles. The number of nitrogens with zero attached hydrogens (tertiary/aromatic N) is 1. The van der Waals surface area contributed by atoms with E-state index >= 15 is 0 Å². The molecule has 2 N–H and O–H groups in total. The van der Waals surface area contributed by atoms with Crippen LogP contribution < -0.4 is 5.73 Å². The Morgan fingerprint density at radius 2 is 1.11 bits per heavy atom. The zero-order valence-corrected chi connectivity index (χ0v) is 13.7. The first-order valence-corrected chi connectivity index (χ1v) is 8.53. The Morgan fingerprint density at radius 3 is 1.42 bits per heavy atom. The van der Waals surface area contributed by atoms with Crippen LogP contribution in [0.25, 0.3) is 0 Å². The van der Waals surface area contributed by atoms with Crippen molar-refractivity contribution in [1.82, 2.24) is 0 Å². The molecule has 19 heavy (non-hydrogen) atoms. The molecule has 0 bridgehead atoms. The van der Waals surface area contributed by atoms with Crippen LogP contribution in [0.3, 0.4) is 0 Å². The summed E-state index contributed by atoms with van der Waals surface area (Å²) in [6, 6.07) is 0. The van der Waals surface area contributed by atoms with Gasteiger partial charge in [-0.25, -0.2) is 0 Å². The fourth-order valence-electron chi connectivity index (χ4n) is 3.80. The van der Waals surface area contributed by atoms with Crippen LogP contribution in [0.4, 0.5) is 0 Å². The van der Waals surface area contributed by atoms with Crippen molar-refractivity contribution in [1.29, 1.82) is 0 Å². The van der Waals surface area contributed by atoms with Crippen molar-refractivity contribution >= 4 is 0 Å². The van der Waals surface area contributed by atoms with Crippen molar-refractivity contribution in [3.8, 4) is 0 Å². The van der Waals surface area contributed by atoms with Gasteiger partial charge in [0.2, 0.25) is 0 Å². The summed E-state index contributed by atoms with van der Waals surface area (Å²) in [6.07, 6.45) is 16.8. The molecule has 0 heterocycles. The van der Waals surface area contributed by atoms with Gasteiger partial charge >= 0.3 is 0 Å². The quantitative estimate of drug-likeness (QED) is 0.767. The molecule has 2 nitrogen and oxygen atoms in total. The molecule has 0 amide bonds. The Kier molecular flexibility index (Phi) is 7.38. The Balaban J connectivity index is 2.70. The lowest BCUT2D eigenvalue weighted by atomic mass is 9.80. The Hall–Kier alpha value is -0.0800. The molecule has 0 atom stereocenters. The highest BCUT2D eigenvalue weighted by Gasteiger charge is 2.40. The maximum Gasteiger partial charge on any atom is 0.0998 e. The van der Waals surface area contributed by atoms with Crippen LogP contribution in [0, 0.1) is 0 Å². The van der Waals surface area contributed by atoms with E-state index in [0.29, 0.717) is 5.54 Å². The first-order chi connectivity index (χ1) is 9.02. The van der Waals surface area contributed by atoms with Crippen LogP contribution in [-0.4, -0.2) is 37.7 Å². The highest BCUT2D eigenvalue weighted by molar-refractivity contribution is 4.82. The Labute approximate surface area is 121 Å². The van der Waals surface area contributed by atoms with Gasteiger partial charge in [0.05, 0.1) is 26.7 Å². The molecule has 0 aromatic rings. The van der Waals surface area contributed by atoms with E-state index in [9.17, 15) is 0 Å². The monoisotopic (exact) mass is 269 g/mol. The molecule has 1 fully saturated rings. The SMILES string of the molecule is C[N+](C)(C)C1(CCN)CCCCCCCCCCC1. The maximum atomic E-state index is 5.95. The van der Waals surface area contributed by atoms with Crippen LogP contribution in [0.1, 0.15) is 77.0 Å². The lowest BCUT2D eigenvalue weighted by Gasteiger charge is -2.47. The first kappa shape index (κ1) is 17.0. The lowest BCUT2D eigenvalue weighted by Crippen LogP contribution is -2.58. The van der Waals surface area contributed by atoms with Gasteiger partial charge in [0, 0.05) is 19.3 Å². The van der Waals surface area contributed by atoms with Gasteiger partial charge in [0.25, 0.3) is 0 Å². The molecule has 1 aliphatic carbocycles. The van der Waals surface area contributed by atoms with Crippen LogP contribution >= 0.6 is 0 Å². The van der Waals surface area contributed by atoms with Crippen LogP contribution in [0.15, 0.2) is 0 Å². The molecule has 0 saturated heterocycles. The Bertz CT molecular complexity index is 218. The van der Waals surface area contributed by atoms with Crippen LogP contribution in [0.5, 0.6) is 0 Å². The summed E-state index contributed by atoms with van der Waals surface area (Å²) >= 11 is 0. The van der Waals surface area contributed by atoms with Crippen molar-refractivity contribution in [2.45, 2.75) is 82.6 Å². The highest BCUT2D eigenvalue weighted by Crippen LogP contribution is 2.35. The molecule has 2 heteroatoms. The Morgan fingerprint density at radius 1 is 0.737 bits per heavy atom. The van der Waals surface area contributed by atoms with E-state index < -0.39 is 0 Å². The molecular formula is C17H37N2+. The lowest BCUT2D eigenvalue weighted by molar-refractivity contribution is -0.925. The third-order valence-electron chi connectivity index (χ3n) is 5.32. The topological polar surface area (TPSA) is 26.0 Å². The summed E-state index contributed by atoms with van der Waals surface area (Å²) in [6.45, 7) is 0.843. The van der Waals surface area contributed by atoms with Crippen molar-refractivity contribution in [3.63, 3.8) is 0 Å². The fraction of sp³-hybridized carbons (Fsp3) is 1.00. The normalized spacial score (nSPS) is 23.4. The number of quaternary nitrogens is 1. The molecule has 0 unspecified atom stereocenters. The highest BCUT2D eigenvalue weighted by atomic mass is 15.3. The molecule has 0 aliphatic heterocycles. The minimum absolute atomic E-state index is 0.425. The summed E-state index contributed by atoms with van der Waals surface area (Å²) < 4.78 is 1.09. The van der Waals surface area contributed by atoms with E-state index in [2.05, 4.69) is 21.1 Å². The summed E-state index contributed by atoms with van der Waals surface area (Å²) in [5, 5.41) is 0. The molecule has 0 aromatic carbocycles. The number of rotatable bonds is 3. The zero-order chi connectivity index (χ0) is 14.2. The summed E-state index contributed by atoms with van der Waals surface area (Å²) in [4.78, 5) is 0. The predicted molar refractivity (Wildman–Crippen MR) is 85.2 cm³/mol. The number of hydrogen-bond donors (Lipinski definition) is 1. The van der Waals surface area contributed by atoms with Crippen LogP contribution in [0.2, 0.25) is 0 Å². The summed E-state index contributed by atoms with van der Waals surface area (Å²) in [7, 11) is 7.13. The average Bonchev–Trinajstić information content (AvgIpc) is 2.31. The molecule has 114 valence electrons. The third-order valence-corrected chi connectivity index (χ3v) is 5.32. The summed E-state index contributed by atoms with van der Waals surface area (Å²) in [5.74, 6) is 0. The average molecular weight is 269 g/mol. The third kappa shape index (κ3) is 5.43. The fourth-order valence-corrected chi connectivity index (χ4v) is 3.80. The summed E-state index contributed by atoms with van der Waals surface area (Å²) in [5.41, 5.74) is 6.37. The molecule has 1 aliphatic rings. The van der Waals surface area contributed by atoms with Gasteiger partial charge in [-0.2, -0.15) is 0 Å². The number of nitrogens with two attached hydrogens (primary N) is 1. The second-order valence-corrected chi connectivity index (χ2v) is 7.46. The molecule has 0 radical (unpaired) electrons. The van der Waals surface area contributed by atoms with E-state index in [1.54, 1.807) is 0 Å². The number of hydrogen-bond acceptors (Lipinski definition) is 1. The minimum atomic E-state index is 0.425. The molecule has 0 spiro atoms. The molecule has 1 saturated carbocycles. The van der Waals surface area contributed by atoms with Gasteiger partial charge in [0.1, 0.15) is 0 Å². The second kappa shape index (κ2) is 8.26. The van der Waals surface area contributed by atoms with E-state index in [4.69, 9.17) is 5.73 Å². The van der Waals surface area contributed by atoms with Crippen molar-refractivity contribution in [2.24, 2.45) is 5.73 Å². The van der Waals surface area contributed by atoms with Gasteiger partial charge in [-0.05, 0) is 19.4 Å². The van der Waals surface area contributed by atoms with Gasteiger partial charge in [0.15, 0.2) is 0 Å². The van der Waals surface area contributed by atoms with Crippen molar-refractivity contribution < 1.29 is 4.48 Å². The molecule has 1 rings (SSSR count). The van der Waals surface area contributed by atoms with E-state index in [1.807, 2.05) is 0 Å². The first-order valence-electron chi connectivity index (χ1n) is 8.53. The van der Waals surface area contributed by atoms with E-state index in [0.717, 1.165) is 11.0 Å². The predicted octanol–water partition coefficient (Wildman–Crippen LogP) is 4.08. The zero-order valence-electron chi connectivity index (χ0n) is 13.7. The van der Waals surface area contributed by atoms with Gasteiger partial charge < -0.3 is 10.2 Å². The van der Waals surface area contributed by atoms with E-state index in [1.165, 1.54) is 77.0 Å². The standard InChI is InChI=1S/C17H37N2/c1-19(2,3)17(15-16-18)13-11-9-7-5-4-6-8-10-12-14-17/h4-16,18H2,1-3H3/q+1. The maximum absolute atomic E-state index is 5.95. The van der Waals surface area contributed by atoms with Crippen molar-refractivity contribution in [3.05, 3.63) is 0 Å². The van der Waals surface area contributed by atoms with Crippen molar-refractivity contribution in [2.75, 3.05) is 27.7 Å². The van der Waals surface area contributed by atoms with Gasteiger partial charge in [-0.1, -0.05) is 44.9 Å². The second-order valence-electron chi connectivity index (χ2n) is 7.46. The largest absolute Gasteiger partial charge is 0.330 e. The molecular weight excluding hydrogens is 232 g/mol. The minimum Gasteiger partial charge on any atom is -0.330 e.